The molecule has 0 saturated carbocycles. The van der Waals surface area contributed by atoms with Gasteiger partial charge in [0, 0.05) is 0 Å². The van der Waals surface area contributed by atoms with Gasteiger partial charge in [0.2, 0.25) is 0 Å². The first-order valence-corrected chi connectivity index (χ1v) is 4.55. The minimum atomic E-state index is -1.19. The third-order valence-corrected chi connectivity index (χ3v) is 2.09. The lowest BCUT2D eigenvalue weighted by molar-refractivity contribution is -0.0866. The zero-order valence-electron chi connectivity index (χ0n) is 8.62. The molecule has 78 valence electrons. The van der Waals surface area contributed by atoms with Crippen molar-refractivity contribution in [2.75, 3.05) is 6.61 Å². The smallest absolute Gasteiger partial charge is 0.105 e. The van der Waals surface area contributed by atoms with Gasteiger partial charge in [0.1, 0.15) is 6.10 Å². The summed E-state index contributed by atoms with van der Waals surface area (Å²) in [7, 11) is 0. The molecule has 0 unspecified atom stereocenters. The average Bonchev–Trinajstić information content (AvgIpc) is 2.01. The van der Waals surface area contributed by atoms with E-state index in [1.165, 1.54) is 12.5 Å². The van der Waals surface area contributed by atoms with Crippen molar-refractivity contribution < 1.29 is 15.3 Å². The van der Waals surface area contributed by atoms with Gasteiger partial charge in [-0.15, -0.1) is 0 Å². The molecule has 0 saturated heterocycles. The van der Waals surface area contributed by atoms with Crippen molar-refractivity contribution in [2.45, 2.75) is 45.3 Å². The van der Waals surface area contributed by atoms with Crippen LogP contribution < -0.4 is 0 Å². The third-order valence-electron chi connectivity index (χ3n) is 2.09. The Labute approximate surface area is 79.7 Å². The molecule has 3 N–H and O–H groups in total. The second kappa shape index (κ2) is 5.37. The largest absolute Gasteiger partial charge is 0.394 e. The van der Waals surface area contributed by atoms with Crippen LogP contribution in [0.2, 0.25) is 0 Å². The summed E-state index contributed by atoms with van der Waals surface area (Å²) in [5.41, 5.74) is -0.00459. The Bertz CT molecular complexity index is 169. The summed E-state index contributed by atoms with van der Waals surface area (Å²) in [5, 5.41) is 27.5. The van der Waals surface area contributed by atoms with Gasteiger partial charge in [0.05, 0.1) is 12.2 Å². The highest BCUT2D eigenvalue weighted by atomic mass is 16.4. The van der Waals surface area contributed by atoms with Gasteiger partial charge in [0.25, 0.3) is 0 Å². The van der Waals surface area contributed by atoms with Crippen LogP contribution in [0.1, 0.15) is 33.6 Å². The maximum atomic E-state index is 9.66. The lowest BCUT2D eigenvalue weighted by Crippen LogP contribution is -2.41. The minimum Gasteiger partial charge on any atom is -0.394 e. The Kier molecular flexibility index (Phi) is 5.21. The monoisotopic (exact) mass is 188 g/mol. The Balaban J connectivity index is 3.96. The van der Waals surface area contributed by atoms with Crippen molar-refractivity contribution in [1.29, 1.82) is 0 Å². The molecular formula is C10H20O3. The molecule has 13 heavy (non-hydrogen) atoms. The van der Waals surface area contributed by atoms with Crippen LogP contribution in [-0.4, -0.2) is 33.6 Å². The summed E-state index contributed by atoms with van der Waals surface area (Å²) in [4.78, 5) is 0. The molecule has 0 fully saturated rings. The van der Waals surface area contributed by atoms with Gasteiger partial charge in [-0.3, -0.25) is 0 Å². The lowest BCUT2D eigenvalue weighted by atomic mass is 9.93. The summed E-state index contributed by atoms with van der Waals surface area (Å²) in [6.07, 6.45) is 2.11. The Morgan fingerprint density at radius 1 is 1.46 bits per heavy atom. The SMILES string of the molecule is CC(C)=CCC[C@](C)(O)[C@@H](O)CO. The highest BCUT2D eigenvalue weighted by Crippen LogP contribution is 2.17. The van der Waals surface area contributed by atoms with Gasteiger partial charge in [0.15, 0.2) is 0 Å². The first-order chi connectivity index (χ1) is 5.90. The molecule has 0 radical (unpaired) electrons. The van der Waals surface area contributed by atoms with Crippen LogP contribution >= 0.6 is 0 Å². The number of aliphatic hydroxyl groups is 3. The molecule has 0 amide bonds. The maximum Gasteiger partial charge on any atom is 0.105 e. The van der Waals surface area contributed by atoms with E-state index in [9.17, 15) is 10.2 Å². The number of aliphatic hydroxyl groups excluding tert-OH is 2. The highest BCUT2D eigenvalue weighted by Gasteiger charge is 2.28. The third kappa shape index (κ3) is 5.03. The average molecular weight is 188 g/mol. The van der Waals surface area contributed by atoms with Crippen molar-refractivity contribution in [3.8, 4) is 0 Å². The molecule has 0 bridgehead atoms. The molecule has 3 heteroatoms. The zero-order chi connectivity index (χ0) is 10.5. The molecule has 0 aliphatic heterocycles. The van der Waals surface area contributed by atoms with E-state index in [0.717, 1.165) is 0 Å². The van der Waals surface area contributed by atoms with E-state index in [1.54, 1.807) is 0 Å². The van der Waals surface area contributed by atoms with E-state index in [4.69, 9.17) is 5.11 Å². The predicted octanol–water partition coefficient (Wildman–Crippen LogP) is 0.837. The lowest BCUT2D eigenvalue weighted by Gasteiger charge is -2.27. The molecule has 0 spiro atoms. The molecule has 0 aromatic heterocycles. The molecular weight excluding hydrogens is 168 g/mol. The van der Waals surface area contributed by atoms with E-state index in [1.807, 2.05) is 19.9 Å². The van der Waals surface area contributed by atoms with Gasteiger partial charge < -0.3 is 15.3 Å². The van der Waals surface area contributed by atoms with Crippen LogP contribution in [0, 0.1) is 0 Å². The van der Waals surface area contributed by atoms with Gasteiger partial charge >= 0.3 is 0 Å². The Morgan fingerprint density at radius 3 is 2.38 bits per heavy atom. The molecule has 0 aliphatic carbocycles. The zero-order valence-corrected chi connectivity index (χ0v) is 8.62. The Hall–Kier alpha value is -0.380. The van der Waals surface area contributed by atoms with Crippen LogP contribution in [0.15, 0.2) is 11.6 Å². The molecule has 3 nitrogen and oxygen atoms in total. The highest BCUT2D eigenvalue weighted by molar-refractivity contribution is 4.95. The van der Waals surface area contributed by atoms with Gasteiger partial charge in [-0.2, -0.15) is 0 Å². The fraction of sp³-hybridized carbons (Fsp3) is 0.800. The van der Waals surface area contributed by atoms with Gasteiger partial charge in [-0.05, 0) is 33.6 Å². The molecule has 0 heterocycles. The van der Waals surface area contributed by atoms with Crippen molar-refractivity contribution in [3.63, 3.8) is 0 Å². The first kappa shape index (κ1) is 12.6. The topological polar surface area (TPSA) is 60.7 Å². The van der Waals surface area contributed by atoms with Crippen LogP contribution in [0.5, 0.6) is 0 Å². The summed E-state index contributed by atoms with van der Waals surface area (Å²) in [5.74, 6) is 0. The molecule has 0 rings (SSSR count). The van der Waals surface area contributed by atoms with E-state index in [0.29, 0.717) is 12.8 Å². The summed E-state index contributed by atoms with van der Waals surface area (Å²) < 4.78 is 0. The quantitative estimate of drug-likeness (QED) is 0.560. The first-order valence-electron chi connectivity index (χ1n) is 4.55. The van der Waals surface area contributed by atoms with Gasteiger partial charge in [-0.1, -0.05) is 11.6 Å². The van der Waals surface area contributed by atoms with Crippen molar-refractivity contribution in [3.05, 3.63) is 11.6 Å². The van der Waals surface area contributed by atoms with Crippen LogP contribution in [-0.2, 0) is 0 Å². The van der Waals surface area contributed by atoms with Crippen LogP contribution in [0.4, 0.5) is 0 Å². The van der Waals surface area contributed by atoms with Crippen LogP contribution in [0.3, 0.4) is 0 Å². The molecule has 2 atom stereocenters. The second-order valence-electron chi connectivity index (χ2n) is 3.88. The van der Waals surface area contributed by atoms with Crippen molar-refractivity contribution >= 4 is 0 Å². The normalized spacial score (nSPS) is 17.7. The van der Waals surface area contributed by atoms with E-state index < -0.39 is 18.3 Å². The molecule has 0 aliphatic rings. The molecule has 0 aromatic carbocycles. The standard InChI is InChI=1S/C10H20O3/c1-8(2)5-4-6-10(3,13)9(12)7-11/h5,9,11-13H,4,6-7H2,1-3H3/t9-,10-/m0/s1. The minimum absolute atomic E-state index is 0.401. The van der Waals surface area contributed by atoms with Crippen LogP contribution in [0.25, 0.3) is 0 Å². The number of allylic oxidation sites excluding steroid dienone is 2. The second-order valence-corrected chi connectivity index (χ2v) is 3.88. The summed E-state index contributed by atoms with van der Waals surface area (Å²) in [6.45, 7) is 5.10. The molecule has 0 aromatic rings. The van der Waals surface area contributed by atoms with E-state index in [-0.39, 0.29) is 0 Å². The summed E-state index contributed by atoms with van der Waals surface area (Å²) >= 11 is 0. The predicted molar refractivity (Wildman–Crippen MR) is 52.4 cm³/mol. The van der Waals surface area contributed by atoms with E-state index in [2.05, 4.69) is 0 Å². The number of hydrogen-bond acceptors (Lipinski definition) is 3. The summed E-state index contributed by atoms with van der Waals surface area (Å²) in [6, 6.07) is 0. The van der Waals surface area contributed by atoms with Crippen molar-refractivity contribution in [1.82, 2.24) is 0 Å². The van der Waals surface area contributed by atoms with Crippen molar-refractivity contribution in [2.24, 2.45) is 0 Å². The number of hydrogen-bond donors (Lipinski definition) is 3. The van der Waals surface area contributed by atoms with Gasteiger partial charge in [-0.25, -0.2) is 0 Å². The Morgan fingerprint density at radius 2 is 2.00 bits per heavy atom. The fourth-order valence-corrected chi connectivity index (χ4v) is 1.02. The fourth-order valence-electron chi connectivity index (χ4n) is 1.02. The van der Waals surface area contributed by atoms with E-state index >= 15 is 0 Å². The maximum absolute atomic E-state index is 9.66. The number of rotatable bonds is 5.